The van der Waals surface area contributed by atoms with Crippen molar-refractivity contribution in [3.63, 3.8) is 0 Å². The number of hydrogen-bond donors (Lipinski definition) is 1. The highest BCUT2D eigenvalue weighted by Gasteiger charge is 2.21. The number of carbonyl (C=O) groups is 1. The van der Waals surface area contributed by atoms with Crippen molar-refractivity contribution in [2.24, 2.45) is 18.1 Å². The minimum absolute atomic E-state index is 0.105. The second kappa shape index (κ2) is 5.32. The van der Waals surface area contributed by atoms with Crippen molar-refractivity contribution in [2.75, 3.05) is 19.8 Å². The van der Waals surface area contributed by atoms with E-state index in [4.69, 9.17) is 14.6 Å². The van der Waals surface area contributed by atoms with Gasteiger partial charge in [-0.2, -0.15) is 0 Å². The van der Waals surface area contributed by atoms with Crippen LogP contribution in [0.5, 0.6) is 0 Å². The predicted octanol–water partition coefficient (Wildman–Crippen LogP) is -0.134. The van der Waals surface area contributed by atoms with E-state index in [1.807, 2.05) is 0 Å². The molecule has 0 aliphatic carbocycles. The van der Waals surface area contributed by atoms with Crippen LogP contribution in [0.4, 0.5) is 0 Å². The molecule has 1 aliphatic heterocycles. The summed E-state index contributed by atoms with van der Waals surface area (Å²) in [5.74, 6) is -0.355. The molecule has 1 aliphatic rings. The summed E-state index contributed by atoms with van der Waals surface area (Å²) < 4.78 is 34.1. The average Bonchev–Trinajstić information content (AvgIpc) is 2.93. The zero-order valence-corrected chi connectivity index (χ0v) is 11.4. The number of sulfonamides is 1. The van der Waals surface area contributed by atoms with Crippen molar-refractivity contribution in [3.8, 4) is 0 Å². The molecule has 106 valence electrons. The van der Waals surface area contributed by atoms with Crippen LogP contribution in [-0.2, 0) is 26.5 Å². The molecule has 8 heteroatoms. The molecule has 0 saturated carbocycles. The van der Waals surface area contributed by atoms with Crippen LogP contribution in [0.2, 0.25) is 0 Å². The fraction of sp³-hybridized carbons (Fsp3) is 0.545. The van der Waals surface area contributed by atoms with Crippen molar-refractivity contribution in [3.05, 3.63) is 18.0 Å². The summed E-state index contributed by atoms with van der Waals surface area (Å²) in [4.78, 5) is 11.7. The van der Waals surface area contributed by atoms with Gasteiger partial charge in [0.2, 0.25) is 10.0 Å². The summed E-state index contributed by atoms with van der Waals surface area (Å²) in [5, 5.41) is 5.00. The first-order valence-corrected chi connectivity index (χ1v) is 7.36. The largest absolute Gasteiger partial charge is 0.461 e. The third-order valence-electron chi connectivity index (χ3n) is 2.99. The summed E-state index contributed by atoms with van der Waals surface area (Å²) in [5.41, 5.74) is 0.156. The van der Waals surface area contributed by atoms with Gasteiger partial charge in [-0.1, -0.05) is 0 Å². The van der Waals surface area contributed by atoms with E-state index < -0.39 is 16.0 Å². The van der Waals surface area contributed by atoms with Gasteiger partial charge in [-0.15, -0.1) is 0 Å². The quantitative estimate of drug-likeness (QED) is 0.777. The Morgan fingerprint density at radius 3 is 2.89 bits per heavy atom. The van der Waals surface area contributed by atoms with Crippen LogP contribution >= 0.6 is 0 Å². The molecule has 1 aromatic heterocycles. The topological polar surface area (TPSA) is 101 Å². The Bertz CT molecular complexity index is 572. The Hall–Kier alpha value is -1.38. The molecule has 2 N–H and O–H groups in total. The van der Waals surface area contributed by atoms with Gasteiger partial charge >= 0.3 is 5.97 Å². The van der Waals surface area contributed by atoms with Gasteiger partial charge in [-0.25, -0.2) is 18.4 Å². The maximum atomic E-state index is 11.8. The van der Waals surface area contributed by atoms with Gasteiger partial charge in [0.25, 0.3) is 0 Å². The first-order chi connectivity index (χ1) is 8.88. The number of carbonyl (C=O) groups excluding carboxylic acids is 1. The molecular weight excluding hydrogens is 272 g/mol. The van der Waals surface area contributed by atoms with E-state index in [0.29, 0.717) is 13.2 Å². The number of hydrogen-bond acceptors (Lipinski definition) is 5. The molecule has 1 aromatic rings. The maximum Gasteiger partial charge on any atom is 0.354 e. The number of nitrogens with two attached hydrogens (primary N) is 1. The Balaban J connectivity index is 2.04. The molecule has 0 amide bonds. The monoisotopic (exact) mass is 288 g/mol. The first kappa shape index (κ1) is 14.0. The summed E-state index contributed by atoms with van der Waals surface area (Å²) >= 11 is 0. The first-order valence-electron chi connectivity index (χ1n) is 5.82. The molecule has 2 rings (SSSR count). The molecule has 0 spiro atoms. The van der Waals surface area contributed by atoms with Crippen molar-refractivity contribution in [1.82, 2.24) is 4.57 Å². The minimum atomic E-state index is -3.82. The molecular formula is C11H16N2O5S. The predicted molar refractivity (Wildman–Crippen MR) is 66.0 cm³/mol. The molecule has 1 atom stereocenters. The average molecular weight is 288 g/mol. The van der Waals surface area contributed by atoms with Gasteiger partial charge < -0.3 is 14.0 Å². The van der Waals surface area contributed by atoms with E-state index in [0.717, 1.165) is 6.42 Å². The van der Waals surface area contributed by atoms with E-state index in [9.17, 15) is 13.2 Å². The highest BCUT2D eigenvalue weighted by Crippen LogP contribution is 2.16. The van der Waals surface area contributed by atoms with Crippen molar-refractivity contribution in [2.45, 2.75) is 11.3 Å². The summed E-state index contributed by atoms with van der Waals surface area (Å²) in [6.45, 7) is 1.54. The second-order valence-electron chi connectivity index (χ2n) is 4.55. The van der Waals surface area contributed by atoms with Gasteiger partial charge in [-0.3, -0.25) is 0 Å². The van der Waals surface area contributed by atoms with Gasteiger partial charge in [0.15, 0.2) is 0 Å². The van der Waals surface area contributed by atoms with Crippen molar-refractivity contribution >= 4 is 16.0 Å². The van der Waals surface area contributed by atoms with Crippen molar-refractivity contribution in [1.29, 1.82) is 0 Å². The van der Waals surface area contributed by atoms with Crippen LogP contribution in [-0.4, -0.2) is 38.8 Å². The lowest BCUT2D eigenvalue weighted by atomic mass is 10.1. The van der Waals surface area contributed by atoms with Crippen LogP contribution in [0, 0.1) is 5.92 Å². The molecule has 19 heavy (non-hydrogen) atoms. The standard InChI is InChI=1S/C11H16N2O5S/c1-13-5-9(19(12,15)16)4-10(13)11(14)18-7-8-2-3-17-6-8/h4-5,8H,2-3,6-7H2,1H3,(H2,12,15,16). The number of primary sulfonamides is 1. The number of aryl methyl sites for hydroxylation is 1. The highest BCUT2D eigenvalue weighted by molar-refractivity contribution is 7.89. The van der Waals surface area contributed by atoms with Gasteiger partial charge in [0, 0.05) is 25.8 Å². The van der Waals surface area contributed by atoms with Gasteiger partial charge in [-0.05, 0) is 12.5 Å². The van der Waals surface area contributed by atoms with E-state index in [2.05, 4.69) is 0 Å². The molecule has 1 unspecified atom stereocenters. The zero-order valence-electron chi connectivity index (χ0n) is 10.5. The number of rotatable bonds is 4. The maximum absolute atomic E-state index is 11.8. The highest BCUT2D eigenvalue weighted by atomic mass is 32.2. The van der Waals surface area contributed by atoms with Crippen molar-refractivity contribution < 1.29 is 22.7 Å². The molecule has 1 fully saturated rings. The third kappa shape index (κ3) is 3.34. The Morgan fingerprint density at radius 1 is 1.63 bits per heavy atom. The number of ether oxygens (including phenoxy) is 2. The lowest BCUT2D eigenvalue weighted by Crippen LogP contribution is -2.16. The fourth-order valence-electron chi connectivity index (χ4n) is 1.88. The lowest BCUT2D eigenvalue weighted by molar-refractivity contribution is 0.0417. The van der Waals surface area contributed by atoms with Crippen LogP contribution < -0.4 is 5.14 Å². The molecule has 7 nitrogen and oxygen atoms in total. The Labute approximate surface area is 111 Å². The van der Waals surface area contributed by atoms with Gasteiger partial charge in [0.1, 0.15) is 10.6 Å². The summed E-state index contributed by atoms with van der Waals surface area (Å²) in [6, 6.07) is 1.21. The molecule has 0 aromatic carbocycles. The van der Waals surface area contributed by atoms with Crippen LogP contribution in [0.25, 0.3) is 0 Å². The number of nitrogens with zero attached hydrogens (tertiary/aromatic N) is 1. The second-order valence-corrected chi connectivity index (χ2v) is 6.11. The Kier molecular flexibility index (Phi) is 3.93. The number of esters is 1. The van der Waals surface area contributed by atoms with Crippen LogP contribution in [0.1, 0.15) is 16.9 Å². The number of aromatic nitrogens is 1. The van der Waals surface area contributed by atoms with Crippen LogP contribution in [0.15, 0.2) is 17.2 Å². The lowest BCUT2D eigenvalue weighted by Gasteiger charge is -2.09. The zero-order chi connectivity index (χ0) is 14.0. The van der Waals surface area contributed by atoms with E-state index >= 15 is 0 Å². The smallest absolute Gasteiger partial charge is 0.354 e. The third-order valence-corrected chi connectivity index (χ3v) is 3.87. The fourth-order valence-corrected chi connectivity index (χ4v) is 2.46. The molecule has 0 radical (unpaired) electrons. The van der Waals surface area contributed by atoms with E-state index in [1.165, 1.54) is 16.8 Å². The van der Waals surface area contributed by atoms with Crippen LogP contribution in [0.3, 0.4) is 0 Å². The summed E-state index contributed by atoms with van der Waals surface area (Å²) in [7, 11) is -2.26. The van der Waals surface area contributed by atoms with E-state index in [1.54, 1.807) is 7.05 Å². The molecule has 2 heterocycles. The Morgan fingerprint density at radius 2 is 2.37 bits per heavy atom. The molecule has 0 bridgehead atoms. The molecule has 1 saturated heterocycles. The SMILES string of the molecule is Cn1cc(S(N)(=O)=O)cc1C(=O)OCC1CCOC1. The van der Waals surface area contributed by atoms with Gasteiger partial charge in [0.05, 0.1) is 13.2 Å². The normalized spacial score (nSPS) is 19.6. The minimum Gasteiger partial charge on any atom is -0.461 e. The van der Waals surface area contributed by atoms with E-state index in [-0.39, 0.29) is 23.1 Å². The summed E-state index contributed by atoms with van der Waals surface area (Å²) in [6.07, 6.45) is 2.15.